The molecule has 0 radical (unpaired) electrons. The molecule has 4 rings (SSSR count). The third-order valence-electron chi connectivity index (χ3n) is 6.46. The summed E-state index contributed by atoms with van der Waals surface area (Å²) in [7, 11) is 5.10. The van der Waals surface area contributed by atoms with Crippen LogP contribution in [0.5, 0.6) is 5.75 Å². The minimum absolute atomic E-state index is 0.308. The largest absolute Gasteiger partial charge is 0.491 e. The van der Waals surface area contributed by atoms with Crippen molar-refractivity contribution >= 4 is 17.6 Å². The first-order valence-corrected chi connectivity index (χ1v) is 11.5. The smallest absolute Gasteiger partial charge is 0.409 e. The molecule has 9 heteroatoms. The third-order valence-corrected chi connectivity index (χ3v) is 6.46. The van der Waals surface area contributed by atoms with E-state index in [1.807, 2.05) is 20.0 Å². The second-order valence-corrected chi connectivity index (χ2v) is 8.53. The molecule has 1 aromatic heterocycles. The molecule has 9 nitrogen and oxygen atoms in total. The van der Waals surface area contributed by atoms with E-state index in [0.717, 1.165) is 60.9 Å². The molecule has 0 unspecified atom stereocenters. The zero-order chi connectivity index (χ0) is 23.4. The minimum Gasteiger partial charge on any atom is -0.491 e. The van der Waals surface area contributed by atoms with Crippen molar-refractivity contribution in [3.05, 3.63) is 35.0 Å². The van der Waals surface area contributed by atoms with Gasteiger partial charge in [0.2, 0.25) is 0 Å². The van der Waals surface area contributed by atoms with E-state index in [9.17, 15) is 4.79 Å². The van der Waals surface area contributed by atoms with Gasteiger partial charge in [-0.3, -0.25) is 4.68 Å². The SMILES string of the molecule is COCCOc1cc(N(C)c2nn(C3CCOCC3)c3c2CN(C(=O)OC)CC3)ccc1C. The van der Waals surface area contributed by atoms with Gasteiger partial charge in [0.15, 0.2) is 5.82 Å². The molecule has 1 saturated heterocycles. The summed E-state index contributed by atoms with van der Waals surface area (Å²) in [5.74, 6) is 1.68. The van der Waals surface area contributed by atoms with Crippen LogP contribution in [0.3, 0.4) is 0 Å². The fourth-order valence-corrected chi connectivity index (χ4v) is 4.52. The van der Waals surface area contributed by atoms with E-state index in [1.54, 1.807) is 12.0 Å². The average molecular weight is 459 g/mol. The van der Waals surface area contributed by atoms with E-state index in [0.29, 0.717) is 32.3 Å². The molecule has 0 bridgehead atoms. The highest BCUT2D eigenvalue weighted by molar-refractivity contribution is 5.70. The Balaban J connectivity index is 1.68. The number of fused-ring (bicyclic) bond motifs is 1. The zero-order valence-corrected chi connectivity index (χ0v) is 20.0. The first kappa shape index (κ1) is 23.4. The number of amides is 1. The summed E-state index contributed by atoms with van der Waals surface area (Å²) in [6.07, 6.45) is 2.33. The molecular formula is C24H34N4O5. The van der Waals surface area contributed by atoms with Crippen LogP contribution in [-0.4, -0.2) is 75.0 Å². The van der Waals surface area contributed by atoms with E-state index < -0.39 is 0 Å². The number of carbonyl (C=O) groups is 1. The second-order valence-electron chi connectivity index (χ2n) is 8.53. The Labute approximate surface area is 195 Å². The van der Waals surface area contributed by atoms with Crippen LogP contribution in [-0.2, 0) is 27.2 Å². The van der Waals surface area contributed by atoms with Crippen molar-refractivity contribution in [1.29, 1.82) is 0 Å². The Morgan fingerprint density at radius 3 is 2.76 bits per heavy atom. The highest BCUT2D eigenvalue weighted by Gasteiger charge is 2.32. The molecule has 0 atom stereocenters. The predicted molar refractivity (Wildman–Crippen MR) is 124 cm³/mol. The van der Waals surface area contributed by atoms with Crippen molar-refractivity contribution in [2.75, 3.05) is 59.1 Å². The molecule has 33 heavy (non-hydrogen) atoms. The van der Waals surface area contributed by atoms with Crippen LogP contribution in [0.15, 0.2) is 18.2 Å². The van der Waals surface area contributed by atoms with Crippen LogP contribution in [0.4, 0.5) is 16.3 Å². The maximum Gasteiger partial charge on any atom is 0.409 e. The number of nitrogens with zero attached hydrogens (tertiary/aromatic N) is 4. The van der Waals surface area contributed by atoms with Gasteiger partial charge in [-0.25, -0.2) is 4.79 Å². The van der Waals surface area contributed by atoms with Gasteiger partial charge in [0.1, 0.15) is 12.4 Å². The summed E-state index contributed by atoms with van der Waals surface area (Å²) in [6.45, 7) is 5.66. The number of hydrogen-bond donors (Lipinski definition) is 0. The van der Waals surface area contributed by atoms with Gasteiger partial charge in [0, 0.05) is 63.3 Å². The van der Waals surface area contributed by atoms with Crippen molar-refractivity contribution < 1.29 is 23.7 Å². The maximum absolute atomic E-state index is 12.3. The maximum atomic E-state index is 12.3. The first-order valence-electron chi connectivity index (χ1n) is 11.5. The second kappa shape index (κ2) is 10.4. The molecule has 2 aliphatic heterocycles. The molecule has 2 aliphatic rings. The predicted octanol–water partition coefficient (Wildman–Crippen LogP) is 3.46. The molecule has 180 valence electrons. The van der Waals surface area contributed by atoms with Gasteiger partial charge in [-0.1, -0.05) is 6.07 Å². The molecule has 3 heterocycles. The van der Waals surface area contributed by atoms with Crippen LogP contribution < -0.4 is 9.64 Å². The van der Waals surface area contributed by atoms with Gasteiger partial charge in [0.05, 0.1) is 26.3 Å². The van der Waals surface area contributed by atoms with Crippen LogP contribution in [0.2, 0.25) is 0 Å². The van der Waals surface area contributed by atoms with Crippen LogP contribution >= 0.6 is 0 Å². The quantitative estimate of drug-likeness (QED) is 0.588. The van der Waals surface area contributed by atoms with Crippen LogP contribution in [0.25, 0.3) is 0 Å². The summed E-state index contributed by atoms with van der Waals surface area (Å²) in [4.78, 5) is 16.1. The fraction of sp³-hybridized carbons (Fsp3) is 0.583. The lowest BCUT2D eigenvalue weighted by Gasteiger charge is -2.29. The van der Waals surface area contributed by atoms with Crippen molar-refractivity contribution in [2.24, 2.45) is 0 Å². The molecule has 0 spiro atoms. The number of hydrogen-bond acceptors (Lipinski definition) is 7. The number of carbonyl (C=O) groups excluding carboxylic acids is 1. The summed E-state index contributed by atoms with van der Waals surface area (Å²) in [5, 5.41) is 5.09. The van der Waals surface area contributed by atoms with Gasteiger partial charge in [-0.15, -0.1) is 0 Å². The molecule has 0 N–H and O–H groups in total. The Morgan fingerprint density at radius 1 is 1.24 bits per heavy atom. The van der Waals surface area contributed by atoms with E-state index in [2.05, 4.69) is 21.7 Å². The van der Waals surface area contributed by atoms with Crippen molar-refractivity contribution in [3.8, 4) is 5.75 Å². The van der Waals surface area contributed by atoms with Crippen LogP contribution in [0.1, 0.15) is 35.7 Å². The van der Waals surface area contributed by atoms with E-state index in [-0.39, 0.29) is 6.09 Å². The summed E-state index contributed by atoms with van der Waals surface area (Å²) < 4.78 is 23.8. The molecule has 1 fully saturated rings. The average Bonchev–Trinajstić information content (AvgIpc) is 3.23. The zero-order valence-electron chi connectivity index (χ0n) is 20.0. The number of benzene rings is 1. The normalized spacial score (nSPS) is 16.4. The monoisotopic (exact) mass is 458 g/mol. The molecular weight excluding hydrogens is 424 g/mol. The lowest BCUT2D eigenvalue weighted by molar-refractivity contribution is 0.0649. The highest BCUT2D eigenvalue weighted by Crippen LogP contribution is 2.37. The number of anilines is 2. The molecule has 1 aromatic carbocycles. The van der Waals surface area contributed by atoms with E-state index >= 15 is 0 Å². The summed E-state index contributed by atoms with van der Waals surface area (Å²) >= 11 is 0. The Kier molecular flexibility index (Phi) is 7.39. The van der Waals surface area contributed by atoms with Crippen LogP contribution in [0, 0.1) is 6.92 Å². The van der Waals surface area contributed by atoms with Crippen molar-refractivity contribution in [1.82, 2.24) is 14.7 Å². The van der Waals surface area contributed by atoms with Crippen molar-refractivity contribution in [2.45, 2.75) is 38.8 Å². The number of ether oxygens (including phenoxy) is 4. The van der Waals surface area contributed by atoms with Crippen molar-refractivity contribution in [3.63, 3.8) is 0 Å². The molecule has 0 saturated carbocycles. The number of methoxy groups -OCH3 is 2. The van der Waals surface area contributed by atoms with Gasteiger partial charge in [0.25, 0.3) is 0 Å². The standard InChI is InChI=1S/C24H34N4O5/c1-17-5-6-19(15-22(17)33-14-13-30-3)26(2)23-20-16-27(24(29)31-4)10-7-21(20)28(25-23)18-8-11-32-12-9-18/h5-6,15,18H,7-14,16H2,1-4H3. The molecule has 0 aliphatic carbocycles. The Bertz CT molecular complexity index is 970. The van der Waals surface area contributed by atoms with Gasteiger partial charge in [-0.05, 0) is 31.4 Å². The highest BCUT2D eigenvalue weighted by atomic mass is 16.5. The molecule has 1 amide bonds. The number of aromatic nitrogens is 2. The molecule has 2 aromatic rings. The van der Waals surface area contributed by atoms with E-state index in [4.69, 9.17) is 24.0 Å². The summed E-state index contributed by atoms with van der Waals surface area (Å²) in [6, 6.07) is 6.46. The number of rotatable bonds is 7. The Hall–Kier alpha value is -2.78. The lowest BCUT2D eigenvalue weighted by Crippen LogP contribution is -2.37. The minimum atomic E-state index is -0.308. The first-order chi connectivity index (χ1) is 16.0. The van der Waals surface area contributed by atoms with E-state index in [1.165, 1.54) is 12.8 Å². The van der Waals surface area contributed by atoms with Gasteiger partial charge < -0.3 is 28.7 Å². The van der Waals surface area contributed by atoms with Gasteiger partial charge >= 0.3 is 6.09 Å². The third kappa shape index (κ3) is 4.94. The summed E-state index contributed by atoms with van der Waals surface area (Å²) in [5.41, 5.74) is 4.31. The van der Waals surface area contributed by atoms with Gasteiger partial charge in [-0.2, -0.15) is 5.10 Å². The Morgan fingerprint density at radius 2 is 2.03 bits per heavy atom. The topological polar surface area (TPSA) is 78.3 Å². The lowest BCUT2D eigenvalue weighted by atomic mass is 10.0. The number of aryl methyl sites for hydroxylation is 1. The fourth-order valence-electron chi connectivity index (χ4n) is 4.52.